The van der Waals surface area contributed by atoms with E-state index in [4.69, 9.17) is 4.74 Å². The Morgan fingerprint density at radius 1 is 1.10 bits per heavy atom. The van der Waals surface area contributed by atoms with Crippen LogP contribution in [0.4, 0.5) is 29.5 Å². The minimum atomic E-state index is -4.17. The molecule has 1 aromatic rings. The van der Waals surface area contributed by atoms with Crippen LogP contribution in [0.2, 0.25) is 0 Å². The number of nitrogens with zero attached hydrogens (tertiary/aromatic N) is 3. The van der Waals surface area contributed by atoms with E-state index >= 15 is 0 Å². The zero-order valence-corrected chi connectivity index (χ0v) is 11.7. The molecular formula is C11H17F4N5O. The Labute approximate surface area is 119 Å². The summed E-state index contributed by atoms with van der Waals surface area (Å²) in [6, 6.07) is -0.0750. The summed E-state index contributed by atoms with van der Waals surface area (Å²) in [5.74, 6) is -4.30. The molecule has 0 saturated carbocycles. The fourth-order valence-corrected chi connectivity index (χ4v) is 1.22. The number of aromatic nitrogens is 3. The predicted molar refractivity (Wildman–Crippen MR) is 69.2 cm³/mol. The Bertz CT molecular complexity index is 447. The lowest BCUT2D eigenvalue weighted by atomic mass is 10.3. The van der Waals surface area contributed by atoms with E-state index in [1.165, 1.54) is 0 Å². The molecule has 0 aromatic carbocycles. The third kappa shape index (κ3) is 5.56. The van der Waals surface area contributed by atoms with Crippen LogP contribution in [0.5, 0.6) is 6.01 Å². The van der Waals surface area contributed by atoms with Crippen molar-refractivity contribution in [3.63, 3.8) is 0 Å². The average Bonchev–Trinajstić information content (AvgIpc) is 2.43. The van der Waals surface area contributed by atoms with Gasteiger partial charge < -0.3 is 15.4 Å². The van der Waals surface area contributed by atoms with Crippen molar-refractivity contribution < 1.29 is 22.3 Å². The third-order valence-electron chi connectivity index (χ3n) is 2.22. The van der Waals surface area contributed by atoms with E-state index < -0.39 is 18.9 Å². The fourth-order valence-electron chi connectivity index (χ4n) is 1.22. The summed E-state index contributed by atoms with van der Waals surface area (Å²) < 4.78 is 54.9. The van der Waals surface area contributed by atoms with Gasteiger partial charge in [-0.1, -0.05) is 6.92 Å². The van der Waals surface area contributed by atoms with Crippen molar-refractivity contribution in [1.82, 2.24) is 15.0 Å². The van der Waals surface area contributed by atoms with Crippen molar-refractivity contribution in [2.45, 2.75) is 32.6 Å². The van der Waals surface area contributed by atoms with Gasteiger partial charge in [-0.15, -0.1) is 0 Å². The Kier molecular flexibility index (Phi) is 6.38. The van der Waals surface area contributed by atoms with E-state index in [-0.39, 0.29) is 24.5 Å². The van der Waals surface area contributed by atoms with E-state index in [2.05, 4.69) is 25.6 Å². The van der Waals surface area contributed by atoms with E-state index in [1.54, 1.807) is 6.92 Å². The average molecular weight is 311 g/mol. The van der Waals surface area contributed by atoms with Gasteiger partial charge in [0.1, 0.15) is 0 Å². The molecule has 2 N–H and O–H groups in total. The molecule has 1 heterocycles. The van der Waals surface area contributed by atoms with Gasteiger partial charge in [-0.3, -0.25) is 0 Å². The Morgan fingerprint density at radius 2 is 1.71 bits per heavy atom. The van der Waals surface area contributed by atoms with Gasteiger partial charge >= 0.3 is 18.4 Å². The van der Waals surface area contributed by atoms with E-state index in [0.717, 1.165) is 6.42 Å². The number of nitrogens with one attached hydrogen (secondary N) is 2. The van der Waals surface area contributed by atoms with Crippen molar-refractivity contribution in [3.8, 4) is 6.01 Å². The van der Waals surface area contributed by atoms with E-state index in [0.29, 0.717) is 6.54 Å². The molecule has 0 bridgehead atoms. The monoisotopic (exact) mass is 311 g/mol. The molecule has 1 aromatic heterocycles. The van der Waals surface area contributed by atoms with Crippen molar-refractivity contribution >= 4 is 11.9 Å². The maximum Gasteiger partial charge on any atom is 0.324 e. The van der Waals surface area contributed by atoms with Crippen LogP contribution in [-0.2, 0) is 0 Å². The highest BCUT2D eigenvalue weighted by Gasteiger charge is 2.40. The van der Waals surface area contributed by atoms with E-state index in [9.17, 15) is 17.6 Å². The zero-order chi connectivity index (χ0) is 15.9. The number of hydrogen-bond acceptors (Lipinski definition) is 6. The van der Waals surface area contributed by atoms with E-state index in [1.807, 2.05) is 6.92 Å². The largest absolute Gasteiger partial charge is 0.464 e. The number of anilines is 2. The molecule has 10 heteroatoms. The molecule has 0 fully saturated rings. The SMILES string of the molecule is CCCNc1nc(NCC(F)(F)C(F)F)nc(OCC)n1. The molecular weight excluding hydrogens is 294 g/mol. The van der Waals surface area contributed by atoms with Crippen LogP contribution in [0.15, 0.2) is 0 Å². The normalized spacial score (nSPS) is 11.6. The quantitative estimate of drug-likeness (QED) is 0.682. The van der Waals surface area contributed by atoms with Gasteiger partial charge in [0.2, 0.25) is 11.9 Å². The molecule has 0 spiro atoms. The first-order valence-electron chi connectivity index (χ1n) is 6.41. The number of ether oxygens (including phenoxy) is 1. The molecule has 120 valence electrons. The number of halogens is 4. The van der Waals surface area contributed by atoms with Gasteiger partial charge in [0.25, 0.3) is 0 Å². The highest BCUT2D eigenvalue weighted by molar-refractivity contribution is 5.36. The van der Waals surface area contributed by atoms with Crippen LogP contribution in [0.1, 0.15) is 20.3 Å². The lowest BCUT2D eigenvalue weighted by Gasteiger charge is -2.16. The van der Waals surface area contributed by atoms with Gasteiger partial charge in [0.15, 0.2) is 0 Å². The highest BCUT2D eigenvalue weighted by Crippen LogP contribution is 2.23. The first kappa shape index (κ1) is 17.2. The minimum absolute atomic E-state index is 0.0750. The van der Waals surface area contributed by atoms with Crippen LogP contribution >= 0.6 is 0 Å². The number of alkyl halides is 4. The van der Waals surface area contributed by atoms with Crippen molar-refractivity contribution in [2.24, 2.45) is 0 Å². The maximum atomic E-state index is 12.9. The smallest absolute Gasteiger partial charge is 0.324 e. The van der Waals surface area contributed by atoms with Gasteiger partial charge in [-0.25, -0.2) is 8.78 Å². The summed E-state index contributed by atoms with van der Waals surface area (Å²) in [5.41, 5.74) is 0. The number of rotatable bonds is 9. The van der Waals surface area contributed by atoms with Crippen LogP contribution in [0.3, 0.4) is 0 Å². The molecule has 0 amide bonds. The molecule has 6 nitrogen and oxygen atoms in total. The molecule has 0 radical (unpaired) electrons. The van der Waals surface area contributed by atoms with Crippen LogP contribution in [-0.4, -0.2) is 47.0 Å². The summed E-state index contributed by atoms with van der Waals surface area (Å²) >= 11 is 0. The Morgan fingerprint density at radius 3 is 2.24 bits per heavy atom. The lowest BCUT2D eigenvalue weighted by Crippen LogP contribution is -2.35. The topological polar surface area (TPSA) is 72.0 Å². The van der Waals surface area contributed by atoms with Crippen molar-refractivity contribution in [3.05, 3.63) is 0 Å². The maximum absolute atomic E-state index is 12.9. The van der Waals surface area contributed by atoms with Crippen LogP contribution in [0, 0.1) is 0 Å². The predicted octanol–water partition coefficient (Wildman–Crippen LogP) is 2.40. The standard InChI is InChI=1S/C11H17F4N5O/c1-3-5-16-8-18-9(20-10(19-8)21-4-2)17-6-11(14,15)7(12)13/h7H,3-6H2,1-2H3,(H2,16,17,18,19,20). The first-order valence-corrected chi connectivity index (χ1v) is 6.41. The molecule has 0 unspecified atom stereocenters. The van der Waals surface area contributed by atoms with Gasteiger partial charge in [-0.2, -0.15) is 23.7 Å². The number of hydrogen-bond donors (Lipinski definition) is 2. The van der Waals surface area contributed by atoms with Gasteiger partial charge in [-0.05, 0) is 13.3 Å². The molecule has 0 aliphatic rings. The van der Waals surface area contributed by atoms with Gasteiger partial charge in [0.05, 0.1) is 13.2 Å². The van der Waals surface area contributed by atoms with Crippen LogP contribution in [0.25, 0.3) is 0 Å². The lowest BCUT2D eigenvalue weighted by molar-refractivity contribution is -0.117. The molecule has 0 aliphatic heterocycles. The summed E-state index contributed by atoms with van der Waals surface area (Å²) in [5, 5.41) is 4.91. The summed E-state index contributed by atoms with van der Waals surface area (Å²) in [6.07, 6.45) is -2.97. The van der Waals surface area contributed by atoms with Crippen molar-refractivity contribution in [2.75, 3.05) is 30.3 Å². The highest BCUT2D eigenvalue weighted by atomic mass is 19.3. The summed E-state index contributed by atoms with van der Waals surface area (Å²) in [4.78, 5) is 11.4. The van der Waals surface area contributed by atoms with Gasteiger partial charge in [0, 0.05) is 6.54 Å². The molecule has 0 atom stereocenters. The second kappa shape index (κ2) is 7.79. The molecule has 1 rings (SSSR count). The molecule has 21 heavy (non-hydrogen) atoms. The Balaban J connectivity index is 2.82. The van der Waals surface area contributed by atoms with Crippen molar-refractivity contribution in [1.29, 1.82) is 0 Å². The summed E-state index contributed by atoms with van der Waals surface area (Å²) in [6.45, 7) is 3.15. The van der Waals surface area contributed by atoms with Crippen LogP contribution < -0.4 is 15.4 Å². The zero-order valence-electron chi connectivity index (χ0n) is 11.7. The second-order valence-corrected chi connectivity index (χ2v) is 4.04. The Hall–Kier alpha value is -1.87. The third-order valence-corrected chi connectivity index (χ3v) is 2.22. The minimum Gasteiger partial charge on any atom is -0.464 e. The molecule has 0 saturated heterocycles. The fraction of sp³-hybridized carbons (Fsp3) is 0.727. The summed E-state index contributed by atoms with van der Waals surface area (Å²) in [7, 11) is 0. The molecule has 0 aliphatic carbocycles. The second-order valence-electron chi connectivity index (χ2n) is 4.04. The first-order chi connectivity index (χ1) is 9.89.